The van der Waals surface area contributed by atoms with Crippen LogP contribution >= 0.6 is 0 Å². The van der Waals surface area contributed by atoms with Gasteiger partial charge in [-0.2, -0.15) is 5.84 Å². The van der Waals surface area contributed by atoms with Crippen molar-refractivity contribution in [2.45, 2.75) is 58.3 Å². The van der Waals surface area contributed by atoms with Gasteiger partial charge in [-0.05, 0) is 12.8 Å². The zero-order valence-corrected chi connectivity index (χ0v) is 12.4. The van der Waals surface area contributed by atoms with Gasteiger partial charge in [-0.3, -0.25) is 4.59 Å². The molecule has 0 saturated heterocycles. The molecule has 0 radical (unpaired) electrons. The molecule has 0 aliphatic heterocycles. The fourth-order valence-corrected chi connectivity index (χ4v) is 1.65. The molecule has 3 heteroatoms. The standard InChI is InChI=1S/C12H29N2.BrH/c1-4-5-6-7-8-9-10-11-12-14(2,3)13;/h4-13H2,1-3H3;1H/q+1;/p-1. The van der Waals surface area contributed by atoms with Gasteiger partial charge in [0.25, 0.3) is 0 Å². The van der Waals surface area contributed by atoms with Crippen LogP contribution in [0.4, 0.5) is 0 Å². The summed E-state index contributed by atoms with van der Waals surface area (Å²) in [5.74, 6) is 5.85. The minimum Gasteiger partial charge on any atom is -1.00 e. The molecular weight excluding hydrogens is 252 g/mol. The van der Waals surface area contributed by atoms with Gasteiger partial charge >= 0.3 is 0 Å². The van der Waals surface area contributed by atoms with Gasteiger partial charge in [0.15, 0.2) is 0 Å². The number of rotatable bonds is 9. The predicted octanol–water partition coefficient (Wildman–Crippen LogP) is 0.0812. The van der Waals surface area contributed by atoms with Crippen molar-refractivity contribution in [3.05, 3.63) is 0 Å². The van der Waals surface area contributed by atoms with Gasteiger partial charge in [-0.15, -0.1) is 0 Å². The number of quaternary nitrogens is 1. The van der Waals surface area contributed by atoms with Crippen LogP contribution in [0.5, 0.6) is 0 Å². The lowest BCUT2D eigenvalue weighted by molar-refractivity contribution is -0.902. The molecule has 94 valence electrons. The summed E-state index contributed by atoms with van der Waals surface area (Å²) in [7, 11) is 4.11. The number of nitrogens with two attached hydrogens (primary N) is 1. The van der Waals surface area contributed by atoms with E-state index < -0.39 is 0 Å². The normalized spacial score (nSPS) is 11.2. The summed E-state index contributed by atoms with van der Waals surface area (Å²) < 4.78 is 0.621. The third-order valence-corrected chi connectivity index (χ3v) is 2.59. The second-order valence-electron chi connectivity index (χ2n) is 4.98. The maximum absolute atomic E-state index is 5.85. The molecule has 0 atom stereocenters. The first-order valence-corrected chi connectivity index (χ1v) is 6.18. The second kappa shape index (κ2) is 10.9. The summed E-state index contributed by atoms with van der Waals surface area (Å²) in [4.78, 5) is 0. The van der Waals surface area contributed by atoms with Crippen molar-refractivity contribution in [3.63, 3.8) is 0 Å². The van der Waals surface area contributed by atoms with Crippen LogP contribution in [0.25, 0.3) is 0 Å². The molecule has 0 fully saturated rings. The number of unbranched alkanes of at least 4 members (excludes halogenated alkanes) is 7. The van der Waals surface area contributed by atoms with Crippen LogP contribution in [-0.4, -0.2) is 25.2 Å². The van der Waals surface area contributed by atoms with E-state index >= 15 is 0 Å². The Morgan fingerprint density at radius 1 is 0.800 bits per heavy atom. The van der Waals surface area contributed by atoms with Crippen molar-refractivity contribution in [3.8, 4) is 0 Å². The van der Waals surface area contributed by atoms with Crippen molar-refractivity contribution in [1.29, 1.82) is 0 Å². The van der Waals surface area contributed by atoms with Crippen molar-refractivity contribution < 1.29 is 21.6 Å². The molecule has 0 aromatic rings. The van der Waals surface area contributed by atoms with Crippen LogP contribution in [0.15, 0.2) is 0 Å². The summed E-state index contributed by atoms with van der Waals surface area (Å²) in [6, 6.07) is 0. The fraction of sp³-hybridized carbons (Fsp3) is 1.00. The summed E-state index contributed by atoms with van der Waals surface area (Å²) in [5, 5.41) is 0. The van der Waals surface area contributed by atoms with Crippen LogP contribution in [0, 0.1) is 0 Å². The molecule has 0 aromatic carbocycles. The Labute approximate surface area is 107 Å². The quantitative estimate of drug-likeness (QED) is 0.275. The lowest BCUT2D eigenvalue weighted by atomic mass is 10.1. The predicted molar refractivity (Wildman–Crippen MR) is 63.8 cm³/mol. The lowest BCUT2D eigenvalue weighted by Crippen LogP contribution is -3.00. The zero-order valence-electron chi connectivity index (χ0n) is 10.8. The van der Waals surface area contributed by atoms with E-state index in [0.29, 0.717) is 4.59 Å². The van der Waals surface area contributed by atoms with E-state index in [1.165, 1.54) is 51.4 Å². The number of hydrogen-bond acceptors (Lipinski definition) is 1. The molecule has 2 nitrogen and oxygen atoms in total. The largest absolute Gasteiger partial charge is 1.00 e. The minimum atomic E-state index is 0. The first-order chi connectivity index (χ1) is 6.56. The molecule has 15 heavy (non-hydrogen) atoms. The van der Waals surface area contributed by atoms with Crippen LogP contribution in [0.3, 0.4) is 0 Å². The minimum absolute atomic E-state index is 0. The highest BCUT2D eigenvalue weighted by Crippen LogP contribution is 2.08. The SMILES string of the molecule is CCCCCCCCCC[N+](C)(C)N.[Br-]. The molecule has 0 saturated carbocycles. The monoisotopic (exact) mass is 280 g/mol. The lowest BCUT2D eigenvalue weighted by Gasteiger charge is -2.21. The summed E-state index contributed by atoms with van der Waals surface area (Å²) in [6.07, 6.45) is 11.0. The van der Waals surface area contributed by atoms with Gasteiger partial charge in [0.05, 0.1) is 20.6 Å². The first kappa shape index (κ1) is 17.8. The summed E-state index contributed by atoms with van der Waals surface area (Å²) >= 11 is 0. The molecule has 0 aliphatic rings. The van der Waals surface area contributed by atoms with Gasteiger partial charge in [-0.25, -0.2) is 0 Å². The number of nitrogens with zero attached hydrogens (tertiary/aromatic N) is 1. The second-order valence-corrected chi connectivity index (χ2v) is 4.98. The van der Waals surface area contributed by atoms with Crippen LogP contribution in [0.1, 0.15) is 58.3 Å². The molecule has 2 N–H and O–H groups in total. The van der Waals surface area contributed by atoms with Gasteiger partial charge in [0.1, 0.15) is 0 Å². The van der Waals surface area contributed by atoms with Gasteiger partial charge < -0.3 is 17.0 Å². The smallest absolute Gasteiger partial charge is 0.0955 e. The van der Waals surface area contributed by atoms with Gasteiger partial charge in [0.2, 0.25) is 0 Å². The molecule has 0 aliphatic carbocycles. The zero-order chi connectivity index (χ0) is 10.9. The van der Waals surface area contributed by atoms with Crippen molar-refractivity contribution in [1.82, 2.24) is 0 Å². The average Bonchev–Trinajstić information content (AvgIpc) is 2.08. The molecule has 0 unspecified atom stereocenters. The Morgan fingerprint density at radius 2 is 1.20 bits per heavy atom. The van der Waals surface area contributed by atoms with E-state index in [2.05, 4.69) is 21.0 Å². The van der Waals surface area contributed by atoms with Crippen molar-refractivity contribution >= 4 is 0 Å². The highest BCUT2D eigenvalue weighted by molar-refractivity contribution is 4.45. The number of hydrogen-bond donors (Lipinski definition) is 1. The van der Waals surface area contributed by atoms with E-state index in [4.69, 9.17) is 5.84 Å². The third-order valence-electron chi connectivity index (χ3n) is 2.59. The van der Waals surface area contributed by atoms with E-state index in [-0.39, 0.29) is 17.0 Å². The fourth-order valence-electron chi connectivity index (χ4n) is 1.65. The maximum Gasteiger partial charge on any atom is 0.0955 e. The highest BCUT2D eigenvalue weighted by atomic mass is 79.9. The van der Waals surface area contributed by atoms with Crippen LogP contribution in [-0.2, 0) is 0 Å². The average molecular weight is 281 g/mol. The Balaban J connectivity index is 0. The van der Waals surface area contributed by atoms with E-state index in [9.17, 15) is 0 Å². The highest BCUT2D eigenvalue weighted by Gasteiger charge is 2.06. The van der Waals surface area contributed by atoms with E-state index in [1.54, 1.807) is 0 Å². The molecule has 0 spiro atoms. The van der Waals surface area contributed by atoms with E-state index in [0.717, 1.165) is 6.54 Å². The van der Waals surface area contributed by atoms with Crippen LogP contribution < -0.4 is 22.8 Å². The molecule has 0 rings (SSSR count). The molecule has 0 bridgehead atoms. The number of halogens is 1. The van der Waals surface area contributed by atoms with Gasteiger partial charge in [-0.1, -0.05) is 45.4 Å². The topological polar surface area (TPSA) is 26.0 Å². The summed E-state index contributed by atoms with van der Waals surface area (Å²) in [6.45, 7) is 3.37. The Bertz CT molecular complexity index is 121. The van der Waals surface area contributed by atoms with E-state index in [1.807, 2.05) is 0 Å². The van der Waals surface area contributed by atoms with Crippen molar-refractivity contribution in [2.24, 2.45) is 5.84 Å². The Hall–Kier alpha value is 0.400. The Kier molecular flexibility index (Phi) is 12.9. The van der Waals surface area contributed by atoms with Crippen LogP contribution in [0.2, 0.25) is 0 Å². The molecular formula is C12H29BrN2. The molecule has 0 heterocycles. The Morgan fingerprint density at radius 3 is 1.60 bits per heavy atom. The third kappa shape index (κ3) is 17.0. The summed E-state index contributed by atoms with van der Waals surface area (Å²) in [5.41, 5.74) is 0. The maximum atomic E-state index is 5.85. The van der Waals surface area contributed by atoms with Gasteiger partial charge in [0, 0.05) is 0 Å². The first-order valence-electron chi connectivity index (χ1n) is 6.18. The molecule has 0 aromatic heterocycles. The molecule has 0 amide bonds. The van der Waals surface area contributed by atoms with Crippen molar-refractivity contribution in [2.75, 3.05) is 20.6 Å².